The minimum atomic E-state index is 0.831. The number of methoxy groups -OCH3 is 2. The van der Waals surface area contributed by atoms with E-state index in [9.17, 15) is 0 Å². The summed E-state index contributed by atoms with van der Waals surface area (Å²) in [5.74, 6) is 1.73. The number of benzene rings is 2. The highest BCUT2D eigenvalue weighted by Crippen LogP contribution is 2.34. The van der Waals surface area contributed by atoms with E-state index in [2.05, 4.69) is 54.0 Å². The van der Waals surface area contributed by atoms with Gasteiger partial charge in [-0.1, -0.05) is 62.6 Å². The molecular weight excluding hydrogens is 384 g/mol. The topological polar surface area (TPSA) is 42.5 Å². The Labute approximate surface area is 189 Å². The van der Waals surface area contributed by atoms with Gasteiger partial charge in [-0.15, -0.1) is 0 Å². The van der Waals surface area contributed by atoms with E-state index in [1.807, 2.05) is 6.07 Å². The molecule has 0 atom stereocenters. The minimum absolute atomic E-state index is 0.831. The Morgan fingerprint density at radius 3 is 1.97 bits per heavy atom. The molecule has 4 nitrogen and oxygen atoms in total. The van der Waals surface area contributed by atoms with Crippen LogP contribution in [0.25, 0.3) is 0 Å². The molecule has 2 N–H and O–H groups in total. The Bertz CT molecular complexity index is 719. The maximum atomic E-state index is 5.64. The second-order valence-corrected chi connectivity index (χ2v) is 8.09. The Kier molecular flexibility index (Phi) is 12.8. The summed E-state index contributed by atoms with van der Waals surface area (Å²) in [6.45, 7) is 6.51. The lowest BCUT2D eigenvalue weighted by atomic mass is 9.98. The average molecular weight is 427 g/mol. The van der Waals surface area contributed by atoms with Gasteiger partial charge in [-0.05, 0) is 75.5 Å². The van der Waals surface area contributed by atoms with Crippen LogP contribution in [0.3, 0.4) is 0 Å². The molecule has 0 saturated heterocycles. The number of ether oxygens (including phenoxy) is 2. The summed E-state index contributed by atoms with van der Waals surface area (Å²) in [7, 11) is 3.44. The van der Waals surface area contributed by atoms with Crippen molar-refractivity contribution in [1.82, 2.24) is 10.6 Å². The first-order chi connectivity index (χ1) is 15.3. The molecule has 2 aromatic rings. The third kappa shape index (κ3) is 9.32. The van der Waals surface area contributed by atoms with Gasteiger partial charge >= 0.3 is 0 Å². The highest BCUT2D eigenvalue weighted by atomic mass is 16.5. The van der Waals surface area contributed by atoms with Crippen molar-refractivity contribution in [3.63, 3.8) is 0 Å². The van der Waals surface area contributed by atoms with Crippen LogP contribution in [-0.2, 0) is 19.3 Å². The van der Waals surface area contributed by atoms with E-state index in [4.69, 9.17) is 9.47 Å². The highest BCUT2D eigenvalue weighted by Gasteiger charge is 2.13. The van der Waals surface area contributed by atoms with Gasteiger partial charge in [-0.25, -0.2) is 0 Å². The fraction of sp³-hybridized carbons (Fsp3) is 0.556. The SMILES string of the molecule is CCCc1c(CCNCCCCCCNCCc2ccccc2)ccc(OC)c1OC. The monoisotopic (exact) mass is 426 g/mol. The molecule has 0 unspecified atom stereocenters. The standard InChI is InChI=1S/C27H42N2O2/c1-4-12-25-24(15-16-26(30-2)27(25)31-3)18-22-29-20-11-6-5-10-19-28-21-17-23-13-8-7-9-14-23/h7-9,13-16,28-29H,4-6,10-12,17-22H2,1-3H3. The summed E-state index contributed by atoms with van der Waals surface area (Å²) < 4.78 is 11.1. The van der Waals surface area contributed by atoms with Crippen LogP contribution in [0.4, 0.5) is 0 Å². The van der Waals surface area contributed by atoms with E-state index < -0.39 is 0 Å². The highest BCUT2D eigenvalue weighted by molar-refractivity contribution is 5.51. The molecule has 0 spiro atoms. The zero-order valence-electron chi connectivity index (χ0n) is 19.8. The van der Waals surface area contributed by atoms with Gasteiger partial charge in [0, 0.05) is 5.56 Å². The molecule has 31 heavy (non-hydrogen) atoms. The van der Waals surface area contributed by atoms with Crippen LogP contribution in [0.1, 0.15) is 55.7 Å². The van der Waals surface area contributed by atoms with E-state index in [1.54, 1.807) is 14.2 Å². The molecule has 0 aromatic heterocycles. The Hall–Kier alpha value is -2.04. The van der Waals surface area contributed by atoms with E-state index in [1.165, 1.54) is 42.4 Å². The predicted octanol–water partition coefficient (Wildman–Crippen LogP) is 5.18. The molecule has 2 rings (SSSR count). The van der Waals surface area contributed by atoms with Gasteiger partial charge in [0.05, 0.1) is 14.2 Å². The number of hydrogen-bond acceptors (Lipinski definition) is 4. The third-order valence-electron chi connectivity index (χ3n) is 5.71. The number of rotatable bonds is 17. The molecule has 0 aliphatic rings. The second kappa shape index (κ2) is 15.7. The summed E-state index contributed by atoms with van der Waals surface area (Å²) in [5, 5.41) is 7.17. The summed E-state index contributed by atoms with van der Waals surface area (Å²) in [6.07, 6.45) is 9.38. The fourth-order valence-electron chi connectivity index (χ4n) is 3.99. The quantitative estimate of drug-likeness (QED) is 0.342. The zero-order valence-corrected chi connectivity index (χ0v) is 19.8. The second-order valence-electron chi connectivity index (χ2n) is 8.09. The maximum absolute atomic E-state index is 5.64. The lowest BCUT2D eigenvalue weighted by Crippen LogP contribution is -2.20. The van der Waals surface area contributed by atoms with Gasteiger partial charge in [0.25, 0.3) is 0 Å². The van der Waals surface area contributed by atoms with Crippen molar-refractivity contribution in [3.8, 4) is 11.5 Å². The summed E-state index contributed by atoms with van der Waals surface area (Å²) in [4.78, 5) is 0. The van der Waals surface area contributed by atoms with Gasteiger partial charge in [0.15, 0.2) is 11.5 Å². The Morgan fingerprint density at radius 2 is 1.35 bits per heavy atom. The zero-order chi connectivity index (χ0) is 22.2. The van der Waals surface area contributed by atoms with Gasteiger partial charge in [-0.3, -0.25) is 0 Å². The lowest BCUT2D eigenvalue weighted by molar-refractivity contribution is 0.351. The molecular formula is C27H42N2O2. The number of unbranched alkanes of at least 4 members (excludes halogenated alkanes) is 3. The van der Waals surface area contributed by atoms with Crippen LogP contribution in [0.2, 0.25) is 0 Å². The predicted molar refractivity (Wildman–Crippen MR) is 132 cm³/mol. The molecule has 0 heterocycles. The molecule has 172 valence electrons. The molecule has 0 aliphatic heterocycles. The van der Waals surface area contributed by atoms with E-state index >= 15 is 0 Å². The third-order valence-corrected chi connectivity index (χ3v) is 5.71. The molecule has 0 aliphatic carbocycles. The summed E-state index contributed by atoms with van der Waals surface area (Å²) in [6, 6.07) is 14.9. The van der Waals surface area contributed by atoms with Crippen LogP contribution in [-0.4, -0.2) is 40.4 Å². The average Bonchev–Trinajstić information content (AvgIpc) is 2.81. The summed E-state index contributed by atoms with van der Waals surface area (Å²) in [5.41, 5.74) is 4.08. The van der Waals surface area contributed by atoms with Crippen LogP contribution in [0.5, 0.6) is 11.5 Å². The minimum Gasteiger partial charge on any atom is -0.493 e. The van der Waals surface area contributed by atoms with Crippen molar-refractivity contribution >= 4 is 0 Å². The maximum Gasteiger partial charge on any atom is 0.164 e. The van der Waals surface area contributed by atoms with Crippen molar-refractivity contribution in [2.45, 2.75) is 58.3 Å². The van der Waals surface area contributed by atoms with Gasteiger partial charge in [0.2, 0.25) is 0 Å². The molecule has 4 heteroatoms. The van der Waals surface area contributed by atoms with E-state index in [-0.39, 0.29) is 0 Å². The largest absolute Gasteiger partial charge is 0.493 e. The lowest BCUT2D eigenvalue weighted by Gasteiger charge is -2.17. The molecule has 0 bridgehead atoms. The Morgan fingerprint density at radius 1 is 0.677 bits per heavy atom. The van der Waals surface area contributed by atoms with Crippen molar-refractivity contribution in [2.24, 2.45) is 0 Å². The number of hydrogen-bond donors (Lipinski definition) is 2. The van der Waals surface area contributed by atoms with Crippen LogP contribution in [0.15, 0.2) is 42.5 Å². The fourth-order valence-corrected chi connectivity index (χ4v) is 3.99. The first-order valence-electron chi connectivity index (χ1n) is 12.0. The molecule has 0 radical (unpaired) electrons. The van der Waals surface area contributed by atoms with Crippen molar-refractivity contribution in [1.29, 1.82) is 0 Å². The normalized spacial score (nSPS) is 10.9. The van der Waals surface area contributed by atoms with E-state index in [0.717, 1.165) is 63.4 Å². The first-order valence-corrected chi connectivity index (χ1v) is 12.0. The van der Waals surface area contributed by atoms with Crippen LogP contribution < -0.4 is 20.1 Å². The number of nitrogens with one attached hydrogen (secondary N) is 2. The van der Waals surface area contributed by atoms with Crippen LogP contribution in [0, 0.1) is 0 Å². The van der Waals surface area contributed by atoms with Gasteiger partial charge < -0.3 is 20.1 Å². The van der Waals surface area contributed by atoms with Gasteiger partial charge in [0.1, 0.15) is 0 Å². The van der Waals surface area contributed by atoms with Crippen molar-refractivity contribution in [3.05, 3.63) is 59.2 Å². The first kappa shape index (κ1) is 25.2. The van der Waals surface area contributed by atoms with E-state index in [0.29, 0.717) is 0 Å². The summed E-state index contributed by atoms with van der Waals surface area (Å²) >= 11 is 0. The van der Waals surface area contributed by atoms with Crippen molar-refractivity contribution in [2.75, 3.05) is 40.4 Å². The molecule has 2 aromatic carbocycles. The van der Waals surface area contributed by atoms with Crippen molar-refractivity contribution < 1.29 is 9.47 Å². The molecule has 0 fully saturated rings. The van der Waals surface area contributed by atoms with Gasteiger partial charge in [-0.2, -0.15) is 0 Å². The smallest absolute Gasteiger partial charge is 0.164 e. The molecule has 0 saturated carbocycles. The van der Waals surface area contributed by atoms with Crippen LogP contribution >= 0.6 is 0 Å². The molecule has 0 amide bonds. The Balaban J connectivity index is 1.52.